The lowest BCUT2D eigenvalue weighted by atomic mass is 10.1. The van der Waals surface area contributed by atoms with Crippen molar-refractivity contribution in [2.24, 2.45) is 0 Å². The van der Waals surface area contributed by atoms with Crippen molar-refractivity contribution in [3.05, 3.63) is 57.6 Å². The van der Waals surface area contributed by atoms with E-state index < -0.39 is 18.0 Å². The molecular weight excluding hydrogens is 377 g/mol. The first kappa shape index (κ1) is 20.1. The summed E-state index contributed by atoms with van der Waals surface area (Å²) in [5.41, 5.74) is 2.48. The molecule has 0 saturated carbocycles. The zero-order valence-electron chi connectivity index (χ0n) is 14.6. The lowest BCUT2D eigenvalue weighted by Gasteiger charge is -2.14. The number of rotatable bonds is 6. The van der Waals surface area contributed by atoms with Gasteiger partial charge in [0.15, 0.2) is 12.7 Å². The van der Waals surface area contributed by atoms with Crippen LogP contribution < -0.4 is 10.1 Å². The minimum atomic E-state index is -0.997. The summed E-state index contributed by atoms with van der Waals surface area (Å²) in [4.78, 5) is 24.0. The zero-order chi connectivity index (χ0) is 19.3. The van der Waals surface area contributed by atoms with Crippen molar-refractivity contribution in [3.63, 3.8) is 0 Å². The average Bonchev–Trinajstić information content (AvgIpc) is 2.51. The van der Waals surface area contributed by atoms with Gasteiger partial charge in [-0.15, -0.1) is 0 Å². The third-order valence-corrected chi connectivity index (χ3v) is 3.80. The van der Waals surface area contributed by atoms with Crippen LogP contribution in [-0.2, 0) is 14.3 Å². The standard InChI is InChI=1S/C19H19Cl2NO4/c1-11-4-12(2)6-17(5-11)25-10-18(23)26-13(3)19(24)22-16-8-14(20)7-15(21)9-16/h4-9,13H,10H2,1-3H3,(H,22,24)/t13-/m1/s1. The first-order valence-electron chi connectivity index (χ1n) is 7.90. The van der Waals surface area contributed by atoms with Crippen LogP contribution in [0.15, 0.2) is 36.4 Å². The van der Waals surface area contributed by atoms with Gasteiger partial charge >= 0.3 is 5.97 Å². The highest BCUT2D eigenvalue weighted by Gasteiger charge is 2.18. The molecule has 0 spiro atoms. The van der Waals surface area contributed by atoms with Gasteiger partial charge in [-0.25, -0.2) is 4.79 Å². The van der Waals surface area contributed by atoms with Crippen LogP contribution in [0.5, 0.6) is 5.75 Å². The summed E-state index contributed by atoms with van der Waals surface area (Å²) in [5, 5.41) is 3.37. The Morgan fingerprint density at radius 1 is 1.00 bits per heavy atom. The Bertz CT molecular complexity index is 783. The molecule has 0 aliphatic carbocycles. The number of aryl methyl sites for hydroxylation is 2. The molecule has 0 saturated heterocycles. The van der Waals surface area contributed by atoms with E-state index in [1.54, 1.807) is 18.2 Å². The lowest BCUT2D eigenvalue weighted by molar-refractivity contribution is -0.155. The molecule has 0 heterocycles. The van der Waals surface area contributed by atoms with Gasteiger partial charge in [0.05, 0.1) is 0 Å². The van der Waals surface area contributed by atoms with Crippen LogP contribution >= 0.6 is 23.2 Å². The minimum absolute atomic E-state index is 0.288. The largest absolute Gasteiger partial charge is 0.482 e. The quantitative estimate of drug-likeness (QED) is 0.728. The van der Waals surface area contributed by atoms with Crippen molar-refractivity contribution in [3.8, 4) is 5.75 Å². The Labute approximate surface area is 162 Å². The average molecular weight is 396 g/mol. The molecule has 0 aromatic heterocycles. The maximum atomic E-state index is 12.1. The molecule has 2 rings (SSSR count). The van der Waals surface area contributed by atoms with E-state index in [0.717, 1.165) is 11.1 Å². The second kappa shape index (κ2) is 8.92. The number of halogens is 2. The van der Waals surface area contributed by atoms with Gasteiger partial charge in [-0.1, -0.05) is 29.3 Å². The van der Waals surface area contributed by atoms with E-state index in [1.165, 1.54) is 6.92 Å². The van der Waals surface area contributed by atoms with Crippen molar-refractivity contribution < 1.29 is 19.1 Å². The van der Waals surface area contributed by atoms with Crippen LogP contribution in [0.25, 0.3) is 0 Å². The van der Waals surface area contributed by atoms with Gasteiger partial charge in [0.1, 0.15) is 5.75 Å². The third-order valence-electron chi connectivity index (χ3n) is 3.36. The maximum absolute atomic E-state index is 12.1. The molecule has 0 unspecified atom stereocenters. The number of hydrogen-bond donors (Lipinski definition) is 1. The van der Waals surface area contributed by atoms with Crippen molar-refractivity contribution in [1.29, 1.82) is 0 Å². The Hall–Kier alpha value is -2.24. The predicted molar refractivity (Wildman–Crippen MR) is 102 cm³/mol. The predicted octanol–water partition coefficient (Wildman–Crippen LogP) is 4.56. The summed E-state index contributed by atoms with van der Waals surface area (Å²) in [5.74, 6) is -0.566. The number of ether oxygens (including phenoxy) is 2. The third kappa shape index (κ3) is 6.24. The van der Waals surface area contributed by atoms with Crippen molar-refractivity contribution in [1.82, 2.24) is 0 Å². The summed E-state index contributed by atoms with van der Waals surface area (Å²) in [6.45, 7) is 5.05. The highest BCUT2D eigenvalue weighted by atomic mass is 35.5. The molecule has 2 aromatic rings. The van der Waals surface area contributed by atoms with E-state index in [2.05, 4.69) is 5.32 Å². The molecular formula is C19H19Cl2NO4. The molecule has 2 aromatic carbocycles. The Morgan fingerprint density at radius 2 is 1.58 bits per heavy atom. The van der Waals surface area contributed by atoms with Crippen molar-refractivity contribution in [2.45, 2.75) is 26.9 Å². The van der Waals surface area contributed by atoms with Gasteiger partial charge in [0, 0.05) is 15.7 Å². The first-order valence-corrected chi connectivity index (χ1v) is 8.66. The van der Waals surface area contributed by atoms with Gasteiger partial charge < -0.3 is 14.8 Å². The van der Waals surface area contributed by atoms with Crippen LogP contribution in [0.2, 0.25) is 10.0 Å². The van der Waals surface area contributed by atoms with E-state index in [1.807, 2.05) is 32.0 Å². The number of carbonyl (C=O) groups is 2. The Kier molecular flexibility index (Phi) is 6.89. The summed E-state index contributed by atoms with van der Waals surface area (Å²) < 4.78 is 10.5. The van der Waals surface area contributed by atoms with Gasteiger partial charge in [0.2, 0.25) is 0 Å². The zero-order valence-corrected chi connectivity index (χ0v) is 16.1. The smallest absolute Gasteiger partial charge is 0.344 e. The molecule has 26 heavy (non-hydrogen) atoms. The number of hydrogen-bond acceptors (Lipinski definition) is 4. The van der Waals surface area contributed by atoms with Crippen molar-refractivity contribution >= 4 is 40.8 Å². The summed E-state index contributed by atoms with van der Waals surface area (Å²) in [6, 6.07) is 10.3. The van der Waals surface area contributed by atoms with E-state index in [9.17, 15) is 9.59 Å². The highest BCUT2D eigenvalue weighted by molar-refractivity contribution is 6.35. The maximum Gasteiger partial charge on any atom is 0.344 e. The Morgan fingerprint density at radius 3 is 2.15 bits per heavy atom. The second-order valence-corrected chi connectivity index (χ2v) is 6.76. The monoisotopic (exact) mass is 395 g/mol. The van der Waals surface area contributed by atoms with Gasteiger partial charge in [-0.2, -0.15) is 0 Å². The van der Waals surface area contributed by atoms with Gasteiger partial charge in [-0.05, 0) is 62.2 Å². The second-order valence-electron chi connectivity index (χ2n) is 5.89. The van der Waals surface area contributed by atoms with Crippen LogP contribution in [0.1, 0.15) is 18.1 Å². The Balaban J connectivity index is 1.86. The number of amides is 1. The fourth-order valence-electron chi connectivity index (χ4n) is 2.31. The molecule has 0 fully saturated rings. The molecule has 0 aliphatic heterocycles. The molecule has 1 N–H and O–H groups in total. The number of esters is 1. The molecule has 1 atom stereocenters. The number of anilines is 1. The molecule has 5 nitrogen and oxygen atoms in total. The topological polar surface area (TPSA) is 64.6 Å². The molecule has 0 aliphatic rings. The van der Waals surface area contributed by atoms with E-state index >= 15 is 0 Å². The van der Waals surface area contributed by atoms with Crippen molar-refractivity contribution in [2.75, 3.05) is 11.9 Å². The summed E-state index contributed by atoms with van der Waals surface area (Å²) in [7, 11) is 0. The van der Waals surface area contributed by atoms with Crippen LogP contribution in [-0.4, -0.2) is 24.6 Å². The van der Waals surface area contributed by atoms with Gasteiger partial charge in [-0.3, -0.25) is 4.79 Å². The minimum Gasteiger partial charge on any atom is -0.482 e. The van der Waals surface area contributed by atoms with Crippen LogP contribution in [0.4, 0.5) is 5.69 Å². The first-order chi connectivity index (χ1) is 12.2. The molecule has 138 valence electrons. The van der Waals surface area contributed by atoms with Crippen LogP contribution in [0.3, 0.4) is 0 Å². The fraction of sp³-hybridized carbons (Fsp3) is 0.263. The normalized spacial score (nSPS) is 11.6. The van der Waals surface area contributed by atoms with Gasteiger partial charge in [0.25, 0.3) is 5.91 Å². The summed E-state index contributed by atoms with van der Waals surface area (Å²) >= 11 is 11.8. The highest BCUT2D eigenvalue weighted by Crippen LogP contribution is 2.22. The van der Waals surface area contributed by atoms with E-state index in [-0.39, 0.29) is 6.61 Å². The number of benzene rings is 2. The van der Waals surface area contributed by atoms with Crippen LogP contribution in [0, 0.1) is 13.8 Å². The van der Waals surface area contributed by atoms with E-state index in [4.69, 9.17) is 32.7 Å². The summed E-state index contributed by atoms with van der Waals surface area (Å²) in [6.07, 6.45) is -0.997. The fourth-order valence-corrected chi connectivity index (χ4v) is 2.84. The lowest BCUT2D eigenvalue weighted by Crippen LogP contribution is -2.31. The number of carbonyl (C=O) groups excluding carboxylic acids is 2. The van der Waals surface area contributed by atoms with E-state index in [0.29, 0.717) is 21.5 Å². The molecule has 0 bridgehead atoms. The molecule has 7 heteroatoms. The number of nitrogens with one attached hydrogen (secondary N) is 1. The molecule has 0 radical (unpaired) electrons. The SMILES string of the molecule is Cc1cc(C)cc(OCC(=O)O[C@H](C)C(=O)Nc2cc(Cl)cc(Cl)c2)c1. The molecule has 1 amide bonds.